The highest BCUT2D eigenvalue weighted by atomic mass is 16.5. The number of hydrogen-bond donors (Lipinski definition) is 2. The van der Waals surface area contributed by atoms with Gasteiger partial charge in [0, 0.05) is 44.1 Å². The van der Waals surface area contributed by atoms with E-state index in [4.69, 9.17) is 4.74 Å². The van der Waals surface area contributed by atoms with Crippen molar-refractivity contribution in [3.8, 4) is 5.75 Å². The zero-order valence-corrected chi connectivity index (χ0v) is 19.3. The third kappa shape index (κ3) is 7.17. The Morgan fingerprint density at radius 3 is 2.23 bits per heavy atom. The molecule has 0 aromatic heterocycles. The Balaban J connectivity index is 1.33. The number of nitrogens with one attached hydrogen (secondary N) is 2. The van der Waals surface area contributed by atoms with E-state index < -0.39 is 0 Å². The molecule has 3 rings (SSSR count). The van der Waals surface area contributed by atoms with Crippen molar-refractivity contribution in [2.24, 2.45) is 0 Å². The van der Waals surface area contributed by atoms with E-state index in [0.29, 0.717) is 13.2 Å². The maximum Gasteiger partial charge on any atom is 0.319 e. The van der Waals surface area contributed by atoms with Crippen LogP contribution < -0.4 is 20.3 Å². The fourth-order valence-electron chi connectivity index (χ4n) is 3.51. The molecular formula is C25H36N4O2. The number of nitrogens with zero attached hydrogens (tertiary/aromatic N) is 2. The number of urea groups is 1. The Kier molecular flexibility index (Phi) is 7.80. The van der Waals surface area contributed by atoms with Crippen molar-refractivity contribution < 1.29 is 9.53 Å². The lowest BCUT2D eigenvalue weighted by Crippen LogP contribution is -2.44. The molecule has 168 valence electrons. The van der Waals surface area contributed by atoms with Crippen LogP contribution in [0.1, 0.15) is 32.8 Å². The van der Waals surface area contributed by atoms with Gasteiger partial charge in [0.15, 0.2) is 0 Å². The predicted molar refractivity (Wildman–Crippen MR) is 128 cm³/mol. The van der Waals surface area contributed by atoms with Crippen molar-refractivity contribution in [2.75, 3.05) is 56.6 Å². The molecule has 1 heterocycles. The van der Waals surface area contributed by atoms with Crippen LogP contribution in [0, 0.1) is 0 Å². The number of likely N-dealkylation sites (N-methyl/N-ethyl adjacent to an activating group) is 1. The first-order valence-corrected chi connectivity index (χ1v) is 11.1. The molecule has 2 N–H and O–H groups in total. The Labute approximate surface area is 186 Å². The average Bonchev–Trinajstić information content (AvgIpc) is 2.74. The molecule has 1 aliphatic heterocycles. The van der Waals surface area contributed by atoms with Crippen LogP contribution in [0.4, 0.5) is 16.2 Å². The highest BCUT2D eigenvalue weighted by Crippen LogP contribution is 2.24. The normalized spacial score (nSPS) is 14.9. The van der Waals surface area contributed by atoms with Gasteiger partial charge >= 0.3 is 6.03 Å². The minimum atomic E-state index is -0.193. The number of amides is 2. The molecule has 2 aromatic rings. The van der Waals surface area contributed by atoms with Crippen molar-refractivity contribution in [3.63, 3.8) is 0 Å². The molecule has 0 saturated carbocycles. The van der Waals surface area contributed by atoms with Gasteiger partial charge < -0.3 is 25.2 Å². The summed E-state index contributed by atoms with van der Waals surface area (Å²) in [6.07, 6.45) is 0.747. The van der Waals surface area contributed by atoms with E-state index in [1.807, 2.05) is 24.3 Å². The number of hydrogen-bond acceptors (Lipinski definition) is 4. The second-order valence-electron chi connectivity index (χ2n) is 9.19. The van der Waals surface area contributed by atoms with Crippen LogP contribution in [0.25, 0.3) is 0 Å². The Morgan fingerprint density at radius 1 is 0.968 bits per heavy atom. The van der Waals surface area contributed by atoms with Crippen LogP contribution in [0.2, 0.25) is 0 Å². The summed E-state index contributed by atoms with van der Waals surface area (Å²) in [6.45, 7) is 11.9. The zero-order chi connectivity index (χ0) is 22.3. The van der Waals surface area contributed by atoms with Crippen LogP contribution in [-0.2, 0) is 5.41 Å². The number of rotatable bonds is 7. The maximum atomic E-state index is 12.1. The van der Waals surface area contributed by atoms with E-state index in [2.05, 4.69) is 72.5 Å². The number of piperazine rings is 1. The first kappa shape index (κ1) is 22.9. The van der Waals surface area contributed by atoms with Crippen LogP contribution in [0.3, 0.4) is 0 Å². The van der Waals surface area contributed by atoms with Gasteiger partial charge in [-0.15, -0.1) is 0 Å². The maximum absolute atomic E-state index is 12.1. The molecule has 0 unspecified atom stereocenters. The first-order valence-electron chi connectivity index (χ1n) is 11.1. The molecule has 0 radical (unpaired) electrons. The number of benzene rings is 2. The van der Waals surface area contributed by atoms with Crippen LogP contribution in [0.5, 0.6) is 5.75 Å². The fraction of sp³-hybridized carbons (Fsp3) is 0.480. The van der Waals surface area contributed by atoms with Gasteiger partial charge in [0.25, 0.3) is 0 Å². The molecule has 2 aromatic carbocycles. The number of carbonyl (C=O) groups is 1. The quantitative estimate of drug-likeness (QED) is 0.650. The topological polar surface area (TPSA) is 56.8 Å². The summed E-state index contributed by atoms with van der Waals surface area (Å²) in [7, 11) is 2.15. The van der Waals surface area contributed by atoms with Gasteiger partial charge in [-0.1, -0.05) is 32.9 Å². The van der Waals surface area contributed by atoms with Crippen molar-refractivity contribution in [3.05, 3.63) is 54.1 Å². The summed E-state index contributed by atoms with van der Waals surface area (Å²) in [5, 5.41) is 5.77. The lowest BCUT2D eigenvalue weighted by Gasteiger charge is -2.34. The Morgan fingerprint density at radius 2 is 1.61 bits per heavy atom. The summed E-state index contributed by atoms with van der Waals surface area (Å²) >= 11 is 0. The van der Waals surface area contributed by atoms with Gasteiger partial charge in [-0.3, -0.25) is 0 Å². The van der Waals surface area contributed by atoms with E-state index in [1.165, 1.54) is 11.3 Å². The van der Waals surface area contributed by atoms with Crippen LogP contribution in [-0.4, -0.2) is 57.3 Å². The minimum Gasteiger partial charge on any atom is -0.494 e. The monoisotopic (exact) mass is 424 g/mol. The lowest BCUT2D eigenvalue weighted by molar-refractivity contribution is 0.250. The summed E-state index contributed by atoms with van der Waals surface area (Å²) in [5.41, 5.74) is 3.42. The highest BCUT2D eigenvalue weighted by Gasteiger charge is 2.14. The van der Waals surface area contributed by atoms with Gasteiger partial charge in [-0.25, -0.2) is 4.79 Å². The van der Waals surface area contributed by atoms with Crippen LogP contribution in [0.15, 0.2) is 48.5 Å². The second kappa shape index (κ2) is 10.5. The summed E-state index contributed by atoms with van der Waals surface area (Å²) in [5.74, 6) is 0.859. The molecule has 1 aliphatic rings. The van der Waals surface area contributed by atoms with E-state index in [1.54, 1.807) is 0 Å². The number of ether oxygens (including phenoxy) is 1. The molecular weight excluding hydrogens is 388 g/mol. The van der Waals surface area contributed by atoms with Crippen molar-refractivity contribution in [2.45, 2.75) is 32.6 Å². The molecule has 6 heteroatoms. The van der Waals surface area contributed by atoms with Gasteiger partial charge in [0.1, 0.15) is 5.75 Å². The molecule has 0 atom stereocenters. The van der Waals surface area contributed by atoms with Gasteiger partial charge in [0.05, 0.1) is 6.61 Å². The number of carbonyl (C=O) groups excluding carboxylic acids is 1. The molecule has 2 amide bonds. The van der Waals surface area contributed by atoms with E-state index >= 15 is 0 Å². The SMILES string of the molecule is CN1CCN(c2ccc(NC(=O)NCCCOc3ccc(C(C)(C)C)cc3)cc2)CC1. The van der Waals surface area contributed by atoms with Crippen molar-refractivity contribution >= 4 is 17.4 Å². The fourth-order valence-corrected chi connectivity index (χ4v) is 3.51. The summed E-state index contributed by atoms with van der Waals surface area (Å²) in [4.78, 5) is 16.8. The summed E-state index contributed by atoms with van der Waals surface area (Å²) < 4.78 is 5.77. The van der Waals surface area contributed by atoms with Gasteiger partial charge in [-0.2, -0.15) is 0 Å². The molecule has 1 fully saturated rings. The average molecular weight is 425 g/mol. The third-order valence-corrected chi connectivity index (χ3v) is 5.59. The third-order valence-electron chi connectivity index (χ3n) is 5.59. The highest BCUT2D eigenvalue weighted by molar-refractivity contribution is 5.89. The Hall–Kier alpha value is -2.73. The smallest absolute Gasteiger partial charge is 0.319 e. The Bertz CT molecular complexity index is 820. The predicted octanol–water partition coefficient (Wildman–Crippen LogP) is 4.33. The molecule has 31 heavy (non-hydrogen) atoms. The summed E-state index contributed by atoms with van der Waals surface area (Å²) in [6, 6.07) is 16.1. The van der Waals surface area contributed by atoms with E-state index in [-0.39, 0.29) is 11.4 Å². The molecule has 0 aliphatic carbocycles. The van der Waals surface area contributed by atoms with Gasteiger partial charge in [-0.05, 0) is 60.8 Å². The molecule has 1 saturated heterocycles. The standard InChI is InChI=1S/C25H36N4O2/c1-25(2,3)20-6-12-23(13-7-20)31-19-5-14-26-24(30)27-21-8-10-22(11-9-21)29-17-15-28(4)16-18-29/h6-13H,5,14-19H2,1-4H3,(H2,26,27,30). The van der Waals surface area contributed by atoms with Crippen molar-refractivity contribution in [1.29, 1.82) is 0 Å². The van der Waals surface area contributed by atoms with Crippen LogP contribution >= 0.6 is 0 Å². The molecule has 0 bridgehead atoms. The largest absolute Gasteiger partial charge is 0.494 e. The number of anilines is 2. The lowest BCUT2D eigenvalue weighted by atomic mass is 9.87. The second-order valence-corrected chi connectivity index (χ2v) is 9.19. The zero-order valence-electron chi connectivity index (χ0n) is 19.3. The van der Waals surface area contributed by atoms with Gasteiger partial charge in [0.2, 0.25) is 0 Å². The van der Waals surface area contributed by atoms with E-state index in [9.17, 15) is 4.79 Å². The molecule has 0 spiro atoms. The van der Waals surface area contributed by atoms with E-state index in [0.717, 1.165) is 44.0 Å². The molecule has 6 nitrogen and oxygen atoms in total. The van der Waals surface area contributed by atoms with Crippen molar-refractivity contribution in [1.82, 2.24) is 10.2 Å². The first-order chi connectivity index (χ1) is 14.8. The minimum absolute atomic E-state index is 0.140.